The molecule has 0 saturated carbocycles. The molecule has 0 aliphatic heterocycles. The molecule has 0 unspecified atom stereocenters. The smallest absolute Gasteiger partial charge is 0.387 e. The van der Waals surface area contributed by atoms with Crippen molar-refractivity contribution in [2.24, 2.45) is 0 Å². The fraction of sp³-hybridized carbons (Fsp3) is 0.154. The standard InChI is InChI=1S/C13H6F4N4O/c1-6-12(22-13(16)17)11(5-19)21(20-6)10-3-8(14)7(4-18)2-9(10)15/h2-3,13H,1H3. The second-order valence-corrected chi connectivity index (χ2v) is 4.06. The summed E-state index contributed by atoms with van der Waals surface area (Å²) in [6.45, 7) is -1.93. The van der Waals surface area contributed by atoms with Crippen LogP contribution in [0.1, 0.15) is 17.0 Å². The normalized spacial score (nSPS) is 10.4. The molecule has 2 aromatic rings. The number of alkyl halides is 2. The first kappa shape index (κ1) is 15.3. The predicted molar refractivity (Wildman–Crippen MR) is 64.3 cm³/mol. The van der Waals surface area contributed by atoms with Gasteiger partial charge in [-0.2, -0.15) is 24.4 Å². The first-order chi connectivity index (χ1) is 10.4. The summed E-state index contributed by atoms with van der Waals surface area (Å²) in [7, 11) is 0. The van der Waals surface area contributed by atoms with Crippen LogP contribution in [0, 0.1) is 41.2 Å². The lowest BCUT2D eigenvalue weighted by Crippen LogP contribution is -2.06. The van der Waals surface area contributed by atoms with Gasteiger partial charge in [0.1, 0.15) is 35.2 Å². The Balaban J connectivity index is 2.67. The minimum absolute atomic E-state index is 0.0963. The summed E-state index contributed by atoms with van der Waals surface area (Å²) in [6, 6.07) is 4.27. The van der Waals surface area contributed by atoms with E-state index in [1.54, 1.807) is 6.07 Å². The van der Waals surface area contributed by atoms with Crippen molar-refractivity contribution in [1.29, 1.82) is 10.5 Å². The number of halogens is 4. The van der Waals surface area contributed by atoms with E-state index in [0.717, 1.165) is 0 Å². The Morgan fingerprint density at radius 1 is 1.18 bits per heavy atom. The van der Waals surface area contributed by atoms with Gasteiger partial charge in [-0.1, -0.05) is 0 Å². The Kier molecular flexibility index (Phi) is 4.00. The Morgan fingerprint density at radius 3 is 2.41 bits per heavy atom. The molecule has 0 saturated heterocycles. The van der Waals surface area contributed by atoms with Crippen LogP contribution in [0.4, 0.5) is 17.6 Å². The Bertz CT molecular complexity index is 817. The lowest BCUT2D eigenvalue weighted by Gasteiger charge is -2.06. The first-order valence-electron chi connectivity index (χ1n) is 5.73. The second-order valence-electron chi connectivity index (χ2n) is 4.06. The molecule has 1 aromatic heterocycles. The number of ether oxygens (including phenoxy) is 1. The van der Waals surface area contributed by atoms with E-state index in [1.165, 1.54) is 13.0 Å². The average molecular weight is 310 g/mol. The lowest BCUT2D eigenvalue weighted by molar-refractivity contribution is -0.0505. The average Bonchev–Trinajstić information content (AvgIpc) is 2.76. The fourth-order valence-corrected chi connectivity index (χ4v) is 1.80. The molecule has 5 nitrogen and oxygen atoms in total. The van der Waals surface area contributed by atoms with E-state index in [1.807, 2.05) is 0 Å². The van der Waals surface area contributed by atoms with Gasteiger partial charge in [0.25, 0.3) is 0 Å². The zero-order valence-electron chi connectivity index (χ0n) is 10.9. The van der Waals surface area contributed by atoms with Crippen LogP contribution in [0.5, 0.6) is 5.75 Å². The number of rotatable bonds is 3. The van der Waals surface area contributed by atoms with E-state index >= 15 is 0 Å². The van der Waals surface area contributed by atoms with Crippen LogP contribution < -0.4 is 4.74 Å². The maximum absolute atomic E-state index is 13.9. The largest absolute Gasteiger partial charge is 0.430 e. The summed E-state index contributed by atoms with van der Waals surface area (Å²) in [6.07, 6.45) is 0. The molecule has 0 aliphatic carbocycles. The molecule has 0 bridgehead atoms. The van der Waals surface area contributed by atoms with Gasteiger partial charge in [-0.15, -0.1) is 0 Å². The van der Waals surface area contributed by atoms with Crippen LogP contribution in [0.2, 0.25) is 0 Å². The van der Waals surface area contributed by atoms with Crippen LogP contribution in [0.25, 0.3) is 5.69 Å². The summed E-state index contributed by atoms with van der Waals surface area (Å²) in [5.74, 6) is -2.60. The van der Waals surface area contributed by atoms with Crippen LogP contribution in [-0.2, 0) is 0 Å². The van der Waals surface area contributed by atoms with Crippen molar-refractivity contribution in [2.45, 2.75) is 13.5 Å². The number of hydrogen-bond donors (Lipinski definition) is 0. The van der Waals surface area contributed by atoms with Crippen LogP contribution in [0.15, 0.2) is 12.1 Å². The molecule has 0 N–H and O–H groups in total. The van der Waals surface area contributed by atoms with Crippen molar-refractivity contribution in [3.05, 3.63) is 40.7 Å². The molecule has 1 heterocycles. The van der Waals surface area contributed by atoms with Gasteiger partial charge >= 0.3 is 6.61 Å². The highest BCUT2D eigenvalue weighted by Gasteiger charge is 2.23. The molecular formula is C13H6F4N4O. The van der Waals surface area contributed by atoms with Crippen LogP contribution >= 0.6 is 0 Å². The summed E-state index contributed by atoms with van der Waals surface area (Å²) >= 11 is 0. The number of hydrogen-bond acceptors (Lipinski definition) is 4. The quantitative estimate of drug-likeness (QED) is 0.817. The van der Waals surface area contributed by atoms with E-state index in [2.05, 4.69) is 9.84 Å². The molecule has 0 amide bonds. The molecule has 2 rings (SSSR count). The predicted octanol–water partition coefficient (Wildman–Crippen LogP) is 2.80. The molecule has 22 heavy (non-hydrogen) atoms. The topological polar surface area (TPSA) is 74.6 Å². The number of aryl methyl sites for hydroxylation is 1. The van der Waals surface area contributed by atoms with Gasteiger partial charge in [-0.3, -0.25) is 0 Å². The Labute approximate surface area is 121 Å². The third-order valence-electron chi connectivity index (χ3n) is 2.70. The van der Waals surface area contributed by atoms with Crippen molar-refractivity contribution in [3.63, 3.8) is 0 Å². The molecule has 0 fully saturated rings. The van der Waals surface area contributed by atoms with E-state index in [-0.39, 0.29) is 5.69 Å². The van der Waals surface area contributed by atoms with Crippen molar-refractivity contribution in [3.8, 4) is 23.6 Å². The van der Waals surface area contributed by atoms with Crippen LogP contribution in [0.3, 0.4) is 0 Å². The van der Waals surface area contributed by atoms with Gasteiger partial charge in [-0.25, -0.2) is 13.5 Å². The van der Waals surface area contributed by atoms with Gasteiger partial charge < -0.3 is 4.74 Å². The highest BCUT2D eigenvalue weighted by atomic mass is 19.3. The van der Waals surface area contributed by atoms with Crippen molar-refractivity contribution in [2.75, 3.05) is 0 Å². The summed E-state index contributed by atoms with van der Waals surface area (Å²) in [5.41, 5.74) is -1.64. The van der Waals surface area contributed by atoms with Gasteiger partial charge in [-0.05, 0) is 13.0 Å². The third kappa shape index (κ3) is 2.56. The van der Waals surface area contributed by atoms with Crippen molar-refractivity contribution < 1.29 is 22.3 Å². The van der Waals surface area contributed by atoms with Crippen molar-refractivity contribution >= 4 is 0 Å². The monoisotopic (exact) mass is 310 g/mol. The van der Waals surface area contributed by atoms with Crippen molar-refractivity contribution in [1.82, 2.24) is 9.78 Å². The molecule has 1 aromatic carbocycles. The van der Waals surface area contributed by atoms with Gasteiger partial charge in [0.2, 0.25) is 0 Å². The first-order valence-corrected chi connectivity index (χ1v) is 5.73. The number of nitrogens with zero attached hydrogens (tertiary/aromatic N) is 4. The molecule has 9 heteroatoms. The van der Waals surface area contributed by atoms with E-state index in [9.17, 15) is 17.6 Å². The SMILES string of the molecule is Cc1nn(-c2cc(F)c(C#N)cc2F)c(C#N)c1OC(F)F. The molecule has 0 radical (unpaired) electrons. The Morgan fingerprint density at radius 2 is 1.86 bits per heavy atom. The van der Waals surface area contributed by atoms with E-state index in [0.29, 0.717) is 16.8 Å². The lowest BCUT2D eigenvalue weighted by atomic mass is 10.2. The van der Waals surface area contributed by atoms with E-state index < -0.39 is 40.9 Å². The number of nitriles is 2. The Hall–Kier alpha value is -3.07. The molecular weight excluding hydrogens is 304 g/mol. The molecule has 112 valence electrons. The highest BCUT2D eigenvalue weighted by Crippen LogP contribution is 2.28. The second kappa shape index (κ2) is 5.74. The maximum Gasteiger partial charge on any atom is 0.387 e. The third-order valence-corrected chi connectivity index (χ3v) is 2.70. The highest BCUT2D eigenvalue weighted by molar-refractivity contribution is 5.49. The molecule has 0 spiro atoms. The minimum atomic E-state index is -3.20. The zero-order valence-corrected chi connectivity index (χ0v) is 10.9. The van der Waals surface area contributed by atoms with Gasteiger partial charge in [0, 0.05) is 6.07 Å². The van der Waals surface area contributed by atoms with E-state index in [4.69, 9.17) is 10.5 Å². The summed E-state index contributed by atoms with van der Waals surface area (Å²) in [5, 5.41) is 21.4. The minimum Gasteiger partial charge on any atom is -0.430 e. The summed E-state index contributed by atoms with van der Waals surface area (Å²) < 4.78 is 57.0. The zero-order chi connectivity index (χ0) is 16.4. The maximum atomic E-state index is 13.9. The molecule has 0 atom stereocenters. The number of benzene rings is 1. The van der Waals surface area contributed by atoms with Gasteiger partial charge in [0.05, 0.1) is 5.56 Å². The molecule has 0 aliphatic rings. The van der Waals surface area contributed by atoms with Gasteiger partial charge in [0.15, 0.2) is 11.4 Å². The fourth-order valence-electron chi connectivity index (χ4n) is 1.80. The van der Waals surface area contributed by atoms with Crippen LogP contribution in [-0.4, -0.2) is 16.4 Å². The number of aromatic nitrogens is 2. The summed E-state index contributed by atoms with van der Waals surface area (Å²) in [4.78, 5) is 0.